The third kappa shape index (κ3) is 2.00. The van der Waals surface area contributed by atoms with Crippen LogP contribution >= 0.6 is 0 Å². The molecule has 0 spiro atoms. The van der Waals surface area contributed by atoms with Crippen molar-refractivity contribution in [3.63, 3.8) is 0 Å². The number of hydrogen-bond donors (Lipinski definition) is 0. The molecule has 0 aromatic heterocycles. The van der Waals surface area contributed by atoms with Crippen LogP contribution in [0.2, 0.25) is 0 Å². The first-order valence-corrected chi connectivity index (χ1v) is 3.14. The summed E-state index contributed by atoms with van der Waals surface area (Å²) in [6.07, 6.45) is 2.94. The molecule has 1 nitrogen and oxygen atoms in total. The van der Waals surface area contributed by atoms with E-state index in [0.717, 1.165) is 11.9 Å². The van der Waals surface area contributed by atoms with Gasteiger partial charge in [0.2, 0.25) is 0 Å². The summed E-state index contributed by atoms with van der Waals surface area (Å²) in [5.74, 6) is 0. The second-order valence-corrected chi connectivity index (χ2v) is 2.81. The molecule has 0 heterocycles. The van der Waals surface area contributed by atoms with Crippen molar-refractivity contribution in [2.45, 2.75) is 27.7 Å². The average Bonchev–Trinajstić information content (AvgIpc) is 1.86. The zero-order valence-electron chi connectivity index (χ0n) is 6.56. The fraction of sp³-hybridized carbons (Fsp3) is 0.625. The van der Waals surface area contributed by atoms with Crippen molar-refractivity contribution in [1.82, 2.24) is 0 Å². The van der Waals surface area contributed by atoms with E-state index in [9.17, 15) is 4.79 Å². The molecule has 0 aliphatic rings. The third-order valence-corrected chi connectivity index (χ3v) is 1.74. The molecule has 0 aliphatic carbocycles. The van der Waals surface area contributed by atoms with Gasteiger partial charge in [0.25, 0.3) is 0 Å². The van der Waals surface area contributed by atoms with Crippen LogP contribution in [0.5, 0.6) is 0 Å². The van der Waals surface area contributed by atoms with Gasteiger partial charge in [-0.2, -0.15) is 0 Å². The summed E-state index contributed by atoms with van der Waals surface area (Å²) < 4.78 is 0. The lowest BCUT2D eigenvalue weighted by Gasteiger charge is -2.16. The van der Waals surface area contributed by atoms with Crippen molar-refractivity contribution < 1.29 is 4.79 Å². The zero-order chi connectivity index (χ0) is 7.49. The van der Waals surface area contributed by atoms with Crippen LogP contribution in [-0.4, -0.2) is 6.29 Å². The lowest BCUT2D eigenvalue weighted by atomic mass is 9.87. The van der Waals surface area contributed by atoms with Gasteiger partial charge in [0.05, 0.1) is 0 Å². The van der Waals surface area contributed by atoms with Gasteiger partial charge in [0.1, 0.15) is 6.29 Å². The van der Waals surface area contributed by atoms with E-state index in [2.05, 4.69) is 0 Å². The van der Waals surface area contributed by atoms with Crippen LogP contribution in [0.1, 0.15) is 27.7 Å². The summed E-state index contributed by atoms with van der Waals surface area (Å²) in [4.78, 5) is 10.4. The predicted molar refractivity (Wildman–Crippen MR) is 39.3 cm³/mol. The van der Waals surface area contributed by atoms with Crippen molar-refractivity contribution in [3.8, 4) is 0 Å². The SMILES string of the molecule is C/C=C(/C)C(C)(C)C=O. The third-order valence-electron chi connectivity index (χ3n) is 1.74. The molecule has 0 bridgehead atoms. The molecule has 0 N–H and O–H groups in total. The molecular formula is C8H14O. The molecular weight excluding hydrogens is 112 g/mol. The Hall–Kier alpha value is -0.590. The smallest absolute Gasteiger partial charge is 0.129 e. The molecule has 0 radical (unpaired) electrons. The van der Waals surface area contributed by atoms with Crippen LogP contribution in [0, 0.1) is 5.41 Å². The van der Waals surface area contributed by atoms with Crippen LogP contribution < -0.4 is 0 Å². The van der Waals surface area contributed by atoms with Crippen molar-refractivity contribution in [3.05, 3.63) is 11.6 Å². The number of rotatable bonds is 2. The van der Waals surface area contributed by atoms with Crippen LogP contribution in [0.25, 0.3) is 0 Å². The molecule has 0 atom stereocenters. The van der Waals surface area contributed by atoms with E-state index in [1.165, 1.54) is 0 Å². The van der Waals surface area contributed by atoms with Crippen LogP contribution in [0.3, 0.4) is 0 Å². The van der Waals surface area contributed by atoms with Gasteiger partial charge in [0.15, 0.2) is 0 Å². The number of allylic oxidation sites excluding steroid dienone is 2. The monoisotopic (exact) mass is 126 g/mol. The molecule has 0 aliphatic heterocycles. The summed E-state index contributed by atoms with van der Waals surface area (Å²) in [6.45, 7) is 7.74. The molecule has 9 heavy (non-hydrogen) atoms. The first kappa shape index (κ1) is 8.41. The molecule has 0 fully saturated rings. The van der Waals surface area contributed by atoms with Gasteiger partial charge in [-0.15, -0.1) is 0 Å². The van der Waals surface area contributed by atoms with Gasteiger partial charge in [-0.25, -0.2) is 0 Å². The van der Waals surface area contributed by atoms with E-state index in [-0.39, 0.29) is 5.41 Å². The van der Waals surface area contributed by atoms with Crippen LogP contribution in [-0.2, 0) is 4.79 Å². The number of aldehydes is 1. The first-order chi connectivity index (χ1) is 4.04. The van der Waals surface area contributed by atoms with Crippen LogP contribution in [0.15, 0.2) is 11.6 Å². The van der Waals surface area contributed by atoms with E-state index < -0.39 is 0 Å². The van der Waals surface area contributed by atoms with E-state index >= 15 is 0 Å². The number of carbonyl (C=O) groups excluding carboxylic acids is 1. The van der Waals surface area contributed by atoms with Gasteiger partial charge < -0.3 is 4.79 Å². The Morgan fingerprint density at radius 1 is 1.44 bits per heavy atom. The fourth-order valence-electron chi connectivity index (χ4n) is 0.465. The number of hydrogen-bond acceptors (Lipinski definition) is 1. The highest BCUT2D eigenvalue weighted by Crippen LogP contribution is 2.21. The minimum Gasteiger partial charge on any atom is -0.302 e. The highest BCUT2D eigenvalue weighted by atomic mass is 16.1. The van der Waals surface area contributed by atoms with E-state index in [0.29, 0.717) is 0 Å². The summed E-state index contributed by atoms with van der Waals surface area (Å²) in [6, 6.07) is 0. The minimum absolute atomic E-state index is 0.269. The van der Waals surface area contributed by atoms with Crippen LogP contribution in [0.4, 0.5) is 0 Å². The Labute approximate surface area is 56.8 Å². The maximum Gasteiger partial charge on any atom is 0.129 e. The molecule has 0 rings (SSSR count). The standard InChI is InChI=1S/C8H14O/c1-5-7(2)8(3,4)6-9/h5-6H,1-4H3/b7-5-. The summed E-state index contributed by atoms with van der Waals surface area (Å²) >= 11 is 0. The summed E-state index contributed by atoms with van der Waals surface area (Å²) in [5.41, 5.74) is 0.854. The van der Waals surface area contributed by atoms with Crippen molar-refractivity contribution in [2.75, 3.05) is 0 Å². The predicted octanol–water partition coefficient (Wildman–Crippen LogP) is 2.18. The molecule has 0 unspecified atom stereocenters. The zero-order valence-corrected chi connectivity index (χ0v) is 6.56. The van der Waals surface area contributed by atoms with E-state index in [1.807, 2.05) is 33.8 Å². The maximum atomic E-state index is 10.4. The fourth-order valence-corrected chi connectivity index (χ4v) is 0.465. The van der Waals surface area contributed by atoms with Crippen molar-refractivity contribution in [2.24, 2.45) is 5.41 Å². The summed E-state index contributed by atoms with van der Waals surface area (Å²) in [7, 11) is 0. The average molecular weight is 126 g/mol. The quantitative estimate of drug-likeness (QED) is 0.409. The van der Waals surface area contributed by atoms with Gasteiger partial charge in [-0.1, -0.05) is 11.6 Å². The van der Waals surface area contributed by atoms with Gasteiger partial charge >= 0.3 is 0 Å². The molecule has 0 saturated carbocycles. The Morgan fingerprint density at radius 2 is 1.89 bits per heavy atom. The summed E-state index contributed by atoms with van der Waals surface area (Å²) in [5, 5.41) is 0. The van der Waals surface area contributed by atoms with Gasteiger partial charge in [-0.05, 0) is 27.7 Å². The molecule has 1 heteroatoms. The lowest BCUT2D eigenvalue weighted by Crippen LogP contribution is -2.13. The van der Waals surface area contributed by atoms with Crippen molar-refractivity contribution in [1.29, 1.82) is 0 Å². The normalized spacial score (nSPS) is 13.6. The molecule has 0 aromatic carbocycles. The Bertz CT molecular complexity index is 132. The van der Waals surface area contributed by atoms with E-state index in [4.69, 9.17) is 0 Å². The van der Waals surface area contributed by atoms with Gasteiger partial charge in [0, 0.05) is 5.41 Å². The lowest BCUT2D eigenvalue weighted by molar-refractivity contribution is -0.113. The minimum atomic E-state index is -0.269. The second kappa shape index (κ2) is 2.81. The first-order valence-electron chi connectivity index (χ1n) is 3.14. The highest BCUT2D eigenvalue weighted by Gasteiger charge is 2.16. The highest BCUT2D eigenvalue weighted by molar-refractivity contribution is 5.63. The Balaban J connectivity index is 4.32. The topological polar surface area (TPSA) is 17.1 Å². The Morgan fingerprint density at radius 3 is 2.00 bits per heavy atom. The largest absolute Gasteiger partial charge is 0.302 e. The number of carbonyl (C=O) groups is 1. The maximum absolute atomic E-state index is 10.4. The van der Waals surface area contributed by atoms with E-state index in [1.54, 1.807) is 0 Å². The van der Waals surface area contributed by atoms with Crippen molar-refractivity contribution >= 4 is 6.29 Å². The van der Waals surface area contributed by atoms with Gasteiger partial charge in [-0.3, -0.25) is 0 Å². The molecule has 0 saturated heterocycles. The second-order valence-electron chi connectivity index (χ2n) is 2.81. The molecule has 0 amide bonds. The molecule has 52 valence electrons. The Kier molecular flexibility index (Phi) is 2.63. The molecule has 0 aromatic rings.